The van der Waals surface area contributed by atoms with Gasteiger partial charge in [-0.25, -0.2) is 0 Å². The first kappa shape index (κ1) is 12.9. The molecule has 0 aliphatic carbocycles. The molecule has 0 amide bonds. The fraction of sp³-hybridized carbons (Fsp3) is 0.0625. The summed E-state index contributed by atoms with van der Waals surface area (Å²) in [6, 6.07) is 17.8. The van der Waals surface area contributed by atoms with Crippen LogP contribution in [0.5, 0.6) is 0 Å². The lowest BCUT2D eigenvalue weighted by atomic mass is 10.2. The van der Waals surface area contributed by atoms with E-state index in [0.29, 0.717) is 0 Å². The molecule has 96 valence electrons. The van der Waals surface area contributed by atoms with E-state index in [2.05, 4.69) is 5.32 Å². The summed E-state index contributed by atoms with van der Waals surface area (Å²) in [6.45, 7) is 0. The smallest absolute Gasteiger partial charge is 0.307 e. The first-order chi connectivity index (χ1) is 9.24. The number of aliphatic carboxylic acids is 1. The topological polar surface area (TPSA) is 49.3 Å². The van der Waals surface area contributed by atoms with E-state index >= 15 is 0 Å². The van der Waals surface area contributed by atoms with E-state index in [1.54, 1.807) is 12.2 Å². The Labute approximate surface area is 112 Å². The van der Waals surface area contributed by atoms with Crippen LogP contribution in [0.3, 0.4) is 0 Å². The van der Waals surface area contributed by atoms with Gasteiger partial charge in [0.2, 0.25) is 0 Å². The standard InChI is InChI=1S/C16H15NO2/c18-16(19)8-4-5-13-9-11-15(12-10-13)17-14-6-2-1-3-7-14/h1-7,9-12,17H,8H2,(H,18,19). The summed E-state index contributed by atoms with van der Waals surface area (Å²) in [5, 5.41) is 11.8. The van der Waals surface area contributed by atoms with Crippen LogP contribution in [0.15, 0.2) is 60.7 Å². The molecule has 3 nitrogen and oxygen atoms in total. The van der Waals surface area contributed by atoms with Gasteiger partial charge in [-0.05, 0) is 29.8 Å². The van der Waals surface area contributed by atoms with Crippen molar-refractivity contribution in [3.05, 3.63) is 66.2 Å². The van der Waals surface area contributed by atoms with Crippen molar-refractivity contribution in [2.24, 2.45) is 0 Å². The van der Waals surface area contributed by atoms with Crippen LogP contribution in [0, 0.1) is 0 Å². The maximum absolute atomic E-state index is 10.4. The van der Waals surface area contributed by atoms with E-state index in [0.717, 1.165) is 16.9 Å². The van der Waals surface area contributed by atoms with Gasteiger partial charge in [-0.3, -0.25) is 4.79 Å². The van der Waals surface area contributed by atoms with Crippen LogP contribution in [-0.4, -0.2) is 11.1 Å². The van der Waals surface area contributed by atoms with Crippen molar-refractivity contribution >= 4 is 23.4 Å². The Kier molecular flexibility index (Phi) is 4.34. The quantitative estimate of drug-likeness (QED) is 0.849. The van der Waals surface area contributed by atoms with E-state index < -0.39 is 5.97 Å². The highest BCUT2D eigenvalue weighted by molar-refractivity contribution is 5.70. The number of carboxylic acid groups (broad SMARTS) is 1. The normalized spacial score (nSPS) is 10.5. The van der Waals surface area contributed by atoms with E-state index in [1.165, 1.54) is 0 Å². The lowest BCUT2D eigenvalue weighted by Crippen LogP contribution is -1.90. The second-order valence-corrected chi connectivity index (χ2v) is 4.11. The third-order valence-corrected chi connectivity index (χ3v) is 2.58. The predicted molar refractivity (Wildman–Crippen MR) is 77.5 cm³/mol. The van der Waals surface area contributed by atoms with Gasteiger partial charge >= 0.3 is 5.97 Å². The number of carbonyl (C=O) groups is 1. The Morgan fingerprint density at radius 2 is 1.63 bits per heavy atom. The van der Waals surface area contributed by atoms with Crippen LogP contribution in [0.25, 0.3) is 6.08 Å². The number of anilines is 2. The average Bonchev–Trinajstić information content (AvgIpc) is 2.42. The molecule has 0 atom stereocenters. The van der Waals surface area contributed by atoms with Crippen molar-refractivity contribution in [3.8, 4) is 0 Å². The number of para-hydroxylation sites is 1. The summed E-state index contributed by atoms with van der Waals surface area (Å²) in [5.74, 6) is -0.821. The molecule has 0 saturated heterocycles. The zero-order valence-corrected chi connectivity index (χ0v) is 10.4. The average molecular weight is 253 g/mol. The third-order valence-electron chi connectivity index (χ3n) is 2.58. The largest absolute Gasteiger partial charge is 0.481 e. The number of rotatable bonds is 5. The van der Waals surface area contributed by atoms with Crippen LogP contribution >= 0.6 is 0 Å². The molecule has 2 rings (SSSR count). The van der Waals surface area contributed by atoms with Gasteiger partial charge in [-0.15, -0.1) is 0 Å². The minimum Gasteiger partial charge on any atom is -0.481 e. The first-order valence-electron chi connectivity index (χ1n) is 6.04. The second-order valence-electron chi connectivity index (χ2n) is 4.11. The maximum atomic E-state index is 10.4. The lowest BCUT2D eigenvalue weighted by molar-refractivity contribution is -0.135. The molecule has 19 heavy (non-hydrogen) atoms. The number of hydrogen-bond donors (Lipinski definition) is 2. The molecule has 2 N–H and O–H groups in total. The number of benzene rings is 2. The number of hydrogen-bond acceptors (Lipinski definition) is 2. The summed E-state index contributed by atoms with van der Waals surface area (Å²) in [6.07, 6.45) is 3.49. The molecule has 0 saturated carbocycles. The highest BCUT2D eigenvalue weighted by Gasteiger charge is 1.94. The summed E-state index contributed by atoms with van der Waals surface area (Å²) in [7, 11) is 0. The van der Waals surface area contributed by atoms with Crippen LogP contribution in [0.4, 0.5) is 11.4 Å². The molecule has 0 unspecified atom stereocenters. The van der Waals surface area contributed by atoms with E-state index in [1.807, 2.05) is 54.6 Å². The van der Waals surface area contributed by atoms with Crippen molar-refractivity contribution in [2.45, 2.75) is 6.42 Å². The van der Waals surface area contributed by atoms with Gasteiger partial charge in [0.15, 0.2) is 0 Å². The molecule has 0 aliphatic rings. The van der Waals surface area contributed by atoms with Crippen LogP contribution in [0.1, 0.15) is 12.0 Å². The van der Waals surface area contributed by atoms with Crippen LogP contribution in [-0.2, 0) is 4.79 Å². The molecule has 0 heterocycles. The fourth-order valence-corrected chi connectivity index (χ4v) is 1.66. The summed E-state index contributed by atoms with van der Waals surface area (Å²) < 4.78 is 0. The van der Waals surface area contributed by atoms with Gasteiger partial charge in [-0.1, -0.05) is 42.5 Å². The van der Waals surface area contributed by atoms with E-state index in [9.17, 15) is 4.79 Å². The van der Waals surface area contributed by atoms with Gasteiger partial charge < -0.3 is 10.4 Å². The fourth-order valence-electron chi connectivity index (χ4n) is 1.66. The van der Waals surface area contributed by atoms with Gasteiger partial charge in [0.1, 0.15) is 0 Å². The monoisotopic (exact) mass is 253 g/mol. The Morgan fingerprint density at radius 3 is 2.26 bits per heavy atom. The SMILES string of the molecule is O=C(O)CC=Cc1ccc(Nc2ccccc2)cc1. The molecule has 0 aromatic heterocycles. The van der Waals surface area contributed by atoms with Crippen LogP contribution in [0.2, 0.25) is 0 Å². The molecule has 0 bridgehead atoms. The predicted octanol–water partition coefficient (Wildman–Crippen LogP) is 3.92. The van der Waals surface area contributed by atoms with E-state index in [4.69, 9.17) is 5.11 Å². The number of nitrogens with one attached hydrogen (secondary N) is 1. The third kappa shape index (κ3) is 4.32. The highest BCUT2D eigenvalue weighted by Crippen LogP contribution is 2.17. The number of carboxylic acids is 1. The van der Waals surface area contributed by atoms with Crippen molar-refractivity contribution in [1.82, 2.24) is 0 Å². The summed E-state index contributed by atoms with van der Waals surface area (Å²) >= 11 is 0. The zero-order valence-electron chi connectivity index (χ0n) is 10.4. The molecule has 0 fully saturated rings. The minimum absolute atomic E-state index is 0.0457. The Hall–Kier alpha value is -2.55. The zero-order chi connectivity index (χ0) is 13.5. The van der Waals surface area contributed by atoms with Crippen molar-refractivity contribution in [3.63, 3.8) is 0 Å². The van der Waals surface area contributed by atoms with Gasteiger partial charge in [0.05, 0.1) is 6.42 Å². The molecule has 3 heteroatoms. The van der Waals surface area contributed by atoms with Crippen molar-refractivity contribution < 1.29 is 9.90 Å². The molecule has 0 spiro atoms. The summed E-state index contributed by atoms with van der Waals surface area (Å²) in [5.41, 5.74) is 3.03. The minimum atomic E-state index is -0.821. The Balaban J connectivity index is 1.98. The Bertz CT molecular complexity index is 559. The van der Waals surface area contributed by atoms with Gasteiger partial charge in [-0.2, -0.15) is 0 Å². The van der Waals surface area contributed by atoms with Crippen LogP contribution < -0.4 is 5.32 Å². The van der Waals surface area contributed by atoms with E-state index in [-0.39, 0.29) is 6.42 Å². The molecule has 2 aromatic carbocycles. The Morgan fingerprint density at radius 1 is 1.00 bits per heavy atom. The van der Waals surface area contributed by atoms with Crippen molar-refractivity contribution in [2.75, 3.05) is 5.32 Å². The summed E-state index contributed by atoms with van der Waals surface area (Å²) in [4.78, 5) is 10.4. The van der Waals surface area contributed by atoms with Crippen molar-refractivity contribution in [1.29, 1.82) is 0 Å². The van der Waals surface area contributed by atoms with Gasteiger partial charge in [0, 0.05) is 11.4 Å². The highest BCUT2D eigenvalue weighted by atomic mass is 16.4. The lowest BCUT2D eigenvalue weighted by Gasteiger charge is -2.06. The molecular formula is C16H15NO2. The molecule has 2 aromatic rings. The second kappa shape index (κ2) is 6.40. The molecular weight excluding hydrogens is 238 g/mol. The first-order valence-corrected chi connectivity index (χ1v) is 6.04. The molecule has 0 aliphatic heterocycles. The maximum Gasteiger partial charge on any atom is 0.307 e. The molecule has 0 radical (unpaired) electrons. The van der Waals surface area contributed by atoms with Gasteiger partial charge in [0.25, 0.3) is 0 Å².